The molecule has 0 unspecified atom stereocenters. The number of hydrogen-bond acceptors (Lipinski definition) is 8. The van der Waals surface area contributed by atoms with Gasteiger partial charge in [0.2, 0.25) is 0 Å². The summed E-state index contributed by atoms with van der Waals surface area (Å²) in [5.41, 5.74) is 2.96. The fourth-order valence-electron chi connectivity index (χ4n) is 7.15. The van der Waals surface area contributed by atoms with E-state index in [1.807, 2.05) is 60.2 Å². The van der Waals surface area contributed by atoms with Crippen molar-refractivity contribution in [3.63, 3.8) is 0 Å². The quantitative estimate of drug-likeness (QED) is 0.178. The molecule has 1 aromatic heterocycles. The van der Waals surface area contributed by atoms with E-state index in [1.54, 1.807) is 36.8 Å². The zero-order valence-electron chi connectivity index (χ0n) is 27.4. The highest BCUT2D eigenvalue weighted by Crippen LogP contribution is 2.34. The number of aliphatic hydroxyl groups excluding tert-OH is 1. The predicted octanol–water partition coefficient (Wildman–Crippen LogP) is 4.08. The van der Waals surface area contributed by atoms with Crippen molar-refractivity contribution < 1.29 is 24.3 Å². The van der Waals surface area contributed by atoms with Crippen LogP contribution in [0.2, 0.25) is 0 Å². The van der Waals surface area contributed by atoms with E-state index in [4.69, 9.17) is 0 Å². The largest absolute Gasteiger partial charge is 0.395 e. The number of likely N-dealkylation sites (N-methyl/N-ethyl adjacent to an activating group) is 1. The molecule has 7 rings (SSSR count). The molecule has 11 heteroatoms. The van der Waals surface area contributed by atoms with Crippen LogP contribution in [-0.4, -0.2) is 117 Å². The van der Waals surface area contributed by atoms with Crippen LogP contribution in [0, 0.1) is 0 Å². The van der Waals surface area contributed by atoms with Gasteiger partial charge in [0, 0.05) is 83.5 Å². The van der Waals surface area contributed by atoms with Crippen LogP contribution < -0.4 is 0 Å². The number of aliphatic hydroxyl groups is 1. The summed E-state index contributed by atoms with van der Waals surface area (Å²) in [5, 5.41) is 12.8. The summed E-state index contributed by atoms with van der Waals surface area (Å²) >= 11 is 0. The van der Waals surface area contributed by atoms with Crippen molar-refractivity contribution in [3.8, 4) is 5.69 Å². The molecule has 0 bridgehead atoms. The predicted molar refractivity (Wildman–Crippen MR) is 186 cm³/mol. The van der Waals surface area contributed by atoms with Crippen molar-refractivity contribution in [2.75, 3.05) is 59.0 Å². The number of carbonyl (C=O) groups is 4. The number of aromatic nitrogens is 2. The lowest BCUT2D eigenvalue weighted by Crippen LogP contribution is -2.46. The molecule has 0 aliphatic carbocycles. The maximum atomic E-state index is 13.6. The topological polar surface area (TPSA) is 119 Å². The smallest absolute Gasteiger partial charge is 0.261 e. The molecule has 11 nitrogen and oxygen atoms in total. The third kappa shape index (κ3) is 5.90. The van der Waals surface area contributed by atoms with Crippen molar-refractivity contribution in [1.82, 2.24) is 29.2 Å². The summed E-state index contributed by atoms with van der Waals surface area (Å²) in [4.78, 5) is 65.0. The number of benzene rings is 4. The minimum Gasteiger partial charge on any atom is -0.395 e. The molecular weight excluding hydrogens is 620 g/mol. The lowest BCUT2D eigenvalue weighted by Gasteiger charge is -2.31. The van der Waals surface area contributed by atoms with Gasteiger partial charge in [0.1, 0.15) is 0 Å². The summed E-state index contributed by atoms with van der Waals surface area (Å²) in [6, 6.07) is 20.2. The van der Waals surface area contributed by atoms with Gasteiger partial charge in [-0.05, 0) is 61.8 Å². The third-order valence-corrected chi connectivity index (χ3v) is 9.70. The Balaban J connectivity index is 0.959. The van der Waals surface area contributed by atoms with Gasteiger partial charge in [0.15, 0.2) is 0 Å². The van der Waals surface area contributed by atoms with E-state index in [-0.39, 0.29) is 43.3 Å². The monoisotopic (exact) mass is 658 g/mol. The highest BCUT2D eigenvalue weighted by Gasteiger charge is 2.34. The van der Waals surface area contributed by atoms with Crippen molar-refractivity contribution >= 4 is 45.2 Å². The number of amides is 4. The highest BCUT2D eigenvalue weighted by atomic mass is 16.3. The van der Waals surface area contributed by atoms with Gasteiger partial charge in [0.05, 0.1) is 18.6 Å². The molecular formula is C38H38N6O5. The number of imidazole rings is 1. The second-order valence-electron chi connectivity index (χ2n) is 12.4. The van der Waals surface area contributed by atoms with E-state index >= 15 is 0 Å². The van der Waals surface area contributed by atoms with Crippen LogP contribution in [-0.2, 0) is 0 Å². The Morgan fingerprint density at radius 3 is 1.82 bits per heavy atom. The fourth-order valence-corrected chi connectivity index (χ4v) is 7.15. The van der Waals surface area contributed by atoms with Gasteiger partial charge < -0.3 is 14.6 Å². The minimum atomic E-state index is -0.297. The zero-order chi connectivity index (χ0) is 34.1. The van der Waals surface area contributed by atoms with Crippen molar-refractivity contribution in [1.29, 1.82) is 0 Å². The van der Waals surface area contributed by atoms with Gasteiger partial charge in [-0.2, -0.15) is 0 Å². The lowest BCUT2D eigenvalue weighted by atomic mass is 9.93. The summed E-state index contributed by atoms with van der Waals surface area (Å²) < 4.78 is 1.87. The SMILES string of the molecule is CCN(CCCN(CCO)CCN1C(=O)c2cccc3cccc(c23)C1=O)CCN1C(=O)c2cccc3c(-n4ccnc4)ccc(c23)C1=O. The van der Waals surface area contributed by atoms with E-state index < -0.39 is 0 Å². The van der Waals surface area contributed by atoms with E-state index in [2.05, 4.69) is 14.8 Å². The van der Waals surface area contributed by atoms with Crippen LogP contribution in [0.5, 0.6) is 0 Å². The number of carbonyl (C=O) groups excluding carboxylic acids is 4. The van der Waals surface area contributed by atoms with Gasteiger partial charge >= 0.3 is 0 Å². The van der Waals surface area contributed by atoms with E-state index in [0.29, 0.717) is 65.8 Å². The molecule has 2 aliphatic rings. The van der Waals surface area contributed by atoms with Gasteiger partial charge in [-0.1, -0.05) is 43.3 Å². The highest BCUT2D eigenvalue weighted by molar-refractivity contribution is 6.27. The molecule has 2 aliphatic heterocycles. The van der Waals surface area contributed by atoms with E-state index in [1.165, 1.54) is 9.80 Å². The molecule has 4 aromatic carbocycles. The van der Waals surface area contributed by atoms with Crippen molar-refractivity contribution in [2.24, 2.45) is 0 Å². The molecule has 1 N–H and O–H groups in total. The average Bonchev–Trinajstić information content (AvgIpc) is 3.66. The summed E-state index contributed by atoms with van der Waals surface area (Å²) in [6.45, 7) is 5.96. The lowest BCUT2D eigenvalue weighted by molar-refractivity contribution is 0.0580. The van der Waals surface area contributed by atoms with Gasteiger partial charge in [0.25, 0.3) is 23.6 Å². The van der Waals surface area contributed by atoms with Gasteiger partial charge in [-0.15, -0.1) is 0 Å². The minimum absolute atomic E-state index is 0.0429. The summed E-state index contributed by atoms with van der Waals surface area (Å²) in [5.74, 6) is -1.18. The molecule has 49 heavy (non-hydrogen) atoms. The normalized spacial score (nSPS) is 14.4. The van der Waals surface area contributed by atoms with Crippen LogP contribution >= 0.6 is 0 Å². The second kappa shape index (κ2) is 13.7. The molecule has 0 fully saturated rings. The third-order valence-electron chi connectivity index (χ3n) is 9.70. The molecule has 0 atom stereocenters. The maximum Gasteiger partial charge on any atom is 0.261 e. The Labute approximate surface area is 283 Å². The van der Waals surface area contributed by atoms with E-state index in [0.717, 1.165) is 29.4 Å². The number of nitrogens with zero attached hydrogens (tertiary/aromatic N) is 6. The first-order chi connectivity index (χ1) is 23.9. The Kier molecular flexibility index (Phi) is 9.05. The molecule has 0 radical (unpaired) electrons. The molecule has 3 heterocycles. The van der Waals surface area contributed by atoms with Crippen LogP contribution in [0.1, 0.15) is 54.8 Å². The number of imide groups is 2. The van der Waals surface area contributed by atoms with Crippen LogP contribution in [0.15, 0.2) is 85.5 Å². The Hall–Kier alpha value is -5.23. The molecule has 0 spiro atoms. The summed E-state index contributed by atoms with van der Waals surface area (Å²) in [6.07, 6.45) is 5.98. The fraction of sp³-hybridized carbons (Fsp3) is 0.289. The Morgan fingerprint density at radius 2 is 1.22 bits per heavy atom. The molecule has 250 valence electrons. The van der Waals surface area contributed by atoms with Gasteiger partial charge in [-0.25, -0.2) is 4.98 Å². The number of hydrogen-bond donors (Lipinski definition) is 1. The van der Waals surface area contributed by atoms with Gasteiger partial charge in [-0.3, -0.25) is 33.9 Å². The number of rotatable bonds is 14. The first-order valence-electron chi connectivity index (χ1n) is 16.7. The molecule has 4 amide bonds. The molecule has 0 saturated carbocycles. The maximum absolute atomic E-state index is 13.6. The van der Waals surface area contributed by atoms with Crippen LogP contribution in [0.3, 0.4) is 0 Å². The molecule has 0 saturated heterocycles. The van der Waals surface area contributed by atoms with Crippen molar-refractivity contribution in [3.05, 3.63) is 108 Å². The Morgan fingerprint density at radius 1 is 0.653 bits per heavy atom. The molecule has 5 aromatic rings. The van der Waals surface area contributed by atoms with Crippen molar-refractivity contribution in [2.45, 2.75) is 13.3 Å². The Bertz CT molecular complexity index is 2000. The second-order valence-corrected chi connectivity index (χ2v) is 12.4. The first kappa shape index (κ1) is 32.3. The summed E-state index contributed by atoms with van der Waals surface area (Å²) in [7, 11) is 0. The van der Waals surface area contributed by atoms with Crippen LogP contribution in [0.4, 0.5) is 0 Å². The van der Waals surface area contributed by atoms with E-state index in [9.17, 15) is 24.3 Å². The van der Waals surface area contributed by atoms with Crippen LogP contribution in [0.25, 0.3) is 27.2 Å². The first-order valence-corrected chi connectivity index (χ1v) is 16.7. The average molecular weight is 659 g/mol. The zero-order valence-corrected chi connectivity index (χ0v) is 27.4. The standard InChI is InChI=1S/C38H38N6O5/c1-2-40(19-21-43-37(48)30-12-5-9-27-32(42-18-15-39-25-42)14-13-31(34(27)30)38(43)49)16-6-17-41(23-24-45)20-22-44-35(46)28-10-3-7-26-8-4-11-29(33(26)28)36(44)47/h3-5,7-15,18,25,45H,2,6,16-17,19-24H2,1H3.